The Morgan fingerprint density at radius 1 is 1.27 bits per heavy atom. The monoisotopic (exact) mass is 158 g/mol. The van der Waals surface area contributed by atoms with Crippen LogP contribution in [-0.4, -0.2) is 17.7 Å². The van der Waals surface area contributed by atoms with Gasteiger partial charge in [-0.15, -0.1) is 0 Å². The first-order chi connectivity index (χ1) is 4.95. The Balaban J connectivity index is 4.23. The van der Waals surface area contributed by atoms with E-state index in [0.717, 1.165) is 6.92 Å². The quantitative estimate of drug-likeness (QED) is 0.408. The van der Waals surface area contributed by atoms with Gasteiger partial charge in [0.1, 0.15) is 5.78 Å². The van der Waals surface area contributed by atoms with Gasteiger partial charge < -0.3 is 19.8 Å². The van der Waals surface area contributed by atoms with Gasteiger partial charge in [0.25, 0.3) is 0 Å². The minimum Gasteiger partial charge on any atom is -0.550 e. The molecule has 1 atom stereocenters. The van der Waals surface area contributed by atoms with Crippen LogP contribution in [0.1, 0.15) is 13.3 Å². The third kappa shape index (κ3) is 3.34. The van der Waals surface area contributed by atoms with Crippen LogP contribution in [-0.2, 0) is 14.4 Å². The SMILES string of the molecule is CC(=O)C(CC(=O)[O-])C(=O)[O-]. The van der Waals surface area contributed by atoms with E-state index < -0.39 is 30.1 Å². The Kier molecular flexibility index (Phi) is 3.23. The molecule has 11 heavy (non-hydrogen) atoms. The molecule has 0 radical (unpaired) electrons. The van der Waals surface area contributed by atoms with Crippen LogP contribution >= 0.6 is 0 Å². The zero-order valence-electron chi connectivity index (χ0n) is 5.83. The number of Topliss-reactive ketones (excluding diaryl/α,β-unsaturated/α-hetero) is 1. The van der Waals surface area contributed by atoms with Crippen LogP contribution < -0.4 is 10.2 Å². The molecule has 0 heterocycles. The van der Waals surface area contributed by atoms with Crippen molar-refractivity contribution in [3.05, 3.63) is 0 Å². The number of carboxylic acids is 2. The summed E-state index contributed by atoms with van der Waals surface area (Å²) in [6, 6.07) is 0. The topological polar surface area (TPSA) is 97.3 Å². The minimum absolute atomic E-state index is 0.741. The number of aliphatic carboxylic acids is 2. The molecule has 0 saturated heterocycles. The van der Waals surface area contributed by atoms with Gasteiger partial charge in [-0.25, -0.2) is 0 Å². The van der Waals surface area contributed by atoms with Gasteiger partial charge in [-0.05, 0) is 6.92 Å². The summed E-state index contributed by atoms with van der Waals surface area (Å²) in [5, 5.41) is 19.9. The number of carboxylic acid groups (broad SMARTS) is 2. The van der Waals surface area contributed by atoms with Crippen molar-refractivity contribution in [1.29, 1.82) is 0 Å². The van der Waals surface area contributed by atoms with E-state index in [2.05, 4.69) is 0 Å². The van der Waals surface area contributed by atoms with E-state index in [1.165, 1.54) is 0 Å². The third-order valence-electron chi connectivity index (χ3n) is 1.15. The first-order valence-electron chi connectivity index (χ1n) is 2.86. The smallest absolute Gasteiger partial charge is 0.138 e. The van der Waals surface area contributed by atoms with Gasteiger partial charge >= 0.3 is 0 Å². The zero-order chi connectivity index (χ0) is 9.02. The summed E-state index contributed by atoms with van der Waals surface area (Å²) < 4.78 is 0. The van der Waals surface area contributed by atoms with Crippen LogP contribution in [0.5, 0.6) is 0 Å². The van der Waals surface area contributed by atoms with Gasteiger partial charge in [-0.3, -0.25) is 4.79 Å². The van der Waals surface area contributed by atoms with E-state index in [-0.39, 0.29) is 0 Å². The van der Waals surface area contributed by atoms with Gasteiger partial charge in [0.15, 0.2) is 0 Å². The molecular weight excluding hydrogens is 152 g/mol. The fraction of sp³-hybridized carbons (Fsp3) is 0.500. The van der Waals surface area contributed by atoms with Gasteiger partial charge in [0.05, 0.1) is 11.9 Å². The second-order valence-corrected chi connectivity index (χ2v) is 2.06. The molecule has 0 aromatic heterocycles. The summed E-state index contributed by atoms with van der Waals surface area (Å²) in [7, 11) is 0. The predicted molar refractivity (Wildman–Crippen MR) is 28.8 cm³/mol. The summed E-state index contributed by atoms with van der Waals surface area (Å²) in [5.41, 5.74) is 0. The number of carbonyl (C=O) groups is 3. The second-order valence-electron chi connectivity index (χ2n) is 2.06. The van der Waals surface area contributed by atoms with E-state index in [0.29, 0.717) is 0 Å². The Hall–Kier alpha value is -1.39. The predicted octanol–water partition coefficient (Wildman–Crippen LogP) is -2.92. The summed E-state index contributed by atoms with van der Waals surface area (Å²) in [6.45, 7) is 0.989. The molecule has 0 fully saturated rings. The maximum absolute atomic E-state index is 10.4. The second kappa shape index (κ2) is 3.70. The van der Waals surface area contributed by atoms with Gasteiger partial charge in [-0.2, -0.15) is 0 Å². The van der Waals surface area contributed by atoms with Crippen molar-refractivity contribution >= 4 is 17.7 Å². The molecule has 0 aliphatic rings. The van der Waals surface area contributed by atoms with Crippen molar-refractivity contribution in [2.24, 2.45) is 5.92 Å². The Bertz CT molecular complexity index is 181. The van der Waals surface area contributed by atoms with Gasteiger partial charge in [0.2, 0.25) is 0 Å². The van der Waals surface area contributed by atoms with Crippen molar-refractivity contribution in [2.45, 2.75) is 13.3 Å². The average molecular weight is 158 g/mol. The fourth-order valence-electron chi connectivity index (χ4n) is 0.560. The third-order valence-corrected chi connectivity index (χ3v) is 1.15. The maximum atomic E-state index is 10.4. The van der Waals surface area contributed by atoms with Crippen LogP contribution in [0.3, 0.4) is 0 Å². The average Bonchev–Trinajstić information content (AvgIpc) is 1.81. The van der Waals surface area contributed by atoms with Crippen molar-refractivity contribution in [2.75, 3.05) is 0 Å². The molecule has 0 rings (SSSR count). The summed E-state index contributed by atoms with van der Waals surface area (Å²) in [4.78, 5) is 30.3. The summed E-state index contributed by atoms with van der Waals surface area (Å²) >= 11 is 0. The highest BCUT2D eigenvalue weighted by atomic mass is 16.4. The van der Waals surface area contributed by atoms with Crippen molar-refractivity contribution in [3.8, 4) is 0 Å². The molecule has 5 heteroatoms. The lowest BCUT2D eigenvalue weighted by atomic mass is 10.0. The Labute approximate surface area is 62.6 Å². The van der Waals surface area contributed by atoms with E-state index in [9.17, 15) is 24.6 Å². The first-order valence-corrected chi connectivity index (χ1v) is 2.86. The van der Waals surface area contributed by atoms with Crippen LogP contribution in [0.25, 0.3) is 0 Å². The maximum Gasteiger partial charge on any atom is 0.138 e. The molecule has 0 aliphatic carbocycles. The summed E-state index contributed by atoms with van der Waals surface area (Å²) in [5.74, 6) is -5.58. The lowest BCUT2D eigenvalue weighted by molar-refractivity contribution is -0.319. The lowest BCUT2D eigenvalue weighted by Crippen LogP contribution is -2.39. The summed E-state index contributed by atoms with van der Waals surface area (Å²) in [6.07, 6.45) is -0.822. The number of rotatable bonds is 4. The van der Waals surface area contributed by atoms with E-state index >= 15 is 0 Å². The number of carbonyl (C=O) groups excluding carboxylic acids is 3. The molecule has 0 aromatic rings. The minimum atomic E-state index is -1.68. The molecule has 62 valence electrons. The standard InChI is InChI=1S/C6H8O5/c1-3(7)4(6(10)11)2-5(8)9/h4H,2H2,1H3,(H,8,9)(H,10,11)/p-2. The van der Waals surface area contributed by atoms with Gasteiger partial charge in [-0.1, -0.05) is 0 Å². The van der Waals surface area contributed by atoms with Crippen LogP contribution in [0.4, 0.5) is 0 Å². The molecule has 0 N–H and O–H groups in total. The van der Waals surface area contributed by atoms with E-state index in [4.69, 9.17) is 0 Å². The molecule has 0 bridgehead atoms. The van der Waals surface area contributed by atoms with Gasteiger partial charge in [0, 0.05) is 12.4 Å². The first kappa shape index (κ1) is 9.61. The number of ketones is 1. The number of hydrogen-bond donors (Lipinski definition) is 0. The molecule has 0 saturated carbocycles. The van der Waals surface area contributed by atoms with Crippen molar-refractivity contribution in [3.63, 3.8) is 0 Å². The van der Waals surface area contributed by atoms with E-state index in [1.54, 1.807) is 0 Å². The molecule has 0 amide bonds. The molecule has 1 unspecified atom stereocenters. The van der Waals surface area contributed by atoms with E-state index in [1.807, 2.05) is 0 Å². The van der Waals surface area contributed by atoms with Crippen molar-refractivity contribution < 1.29 is 24.6 Å². The number of hydrogen-bond acceptors (Lipinski definition) is 5. The highest BCUT2D eigenvalue weighted by Crippen LogP contribution is 2.01. The highest BCUT2D eigenvalue weighted by Gasteiger charge is 2.14. The Morgan fingerprint density at radius 3 is 1.82 bits per heavy atom. The fourth-order valence-corrected chi connectivity index (χ4v) is 0.560. The largest absolute Gasteiger partial charge is 0.550 e. The highest BCUT2D eigenvalue weighted by molar-refractivity contribution is 5.98. The molecule has 5 nitrogen and oxygen atoms in total. The van der Waals surface area contributed by atoms with Crippen molar-refractivity contribution in [1.82, 2.24) is 0 Å². The zero-order valence-corrected chi connectivity index (χ0v) is 5.83. The lowest BCUT2D eigenvalue weighted by Gasteiger charge is -2.14. The normalized spacial score (nSPS) is 12.1. The Morgan fingerprint density at radius 2 is 1.73 bits per heavy atom. The molecule has 0 spiro atoms. The van der Waals surface area contributed by atoms with Crippen LogP contribution in [0, 0.1) is 5.92 Å². The molecule has 0 aromatic carbocycles. The van der Waals surface area contributed by atoms with Crippen LogP contribution in [0.2, 0.25) is 0 Å². The van der Waals surface area contributed by atoms with Crippen LogP contribution in [0.15, 0.2) is 0 Å². The molecule has 0 aliphatic heterocycles. The molecular formula is C6H6O5-2.